The molecule has 0 fully saturated rings. The zero-order valence-electron chi connectivity index (χ0n) is 19.2. The summed E-state index contributed by atoms with van der Waals surface area (Å²) in [5.41, 5.74) is 2.71. The van der Waals surface area contributed by atoms with Crippen LogP contribution in [0.25, 0.3) is 28.3 Å². The first kappa shape index (κ1) is 25.6. The maximum atomic E-state index is 14.9. The molecule has 2 nitrogen and oxygen atoms in total. The van der Waals surface area contributed by atoms with E-state index in [0.29, 0.717) is 16.7 Å². The van der Waals surface area contributed by atoms with Gasteiger partial charge in [0.05, 0.1) is 6.61 Å². The van der Waals surface area contributed by atoms with E-state index in [1.165, 1.54) is 12.1 Å². The second kappa shape index (κ2) is 11.4. The summed E-state index contributed by atoms with van der Waals surface area (Å²) in [6.07, 6.45) is 1.67. The molecular formula is C29H24F4O2. The minimum absolute atomic E-state index is 0.0938. The zero-order chi connectivity index (χ0) is 25.5. The number of halogens is 4. The molecule has 0 spiro atoms. The molecule has 6 heteroatoms. The Hall–Kier alpha value is -4.06. The predicted molar refractivity (Wildman–Crippen MR) is 131 cm³/mol. The van der Waals surface area contributed by atoms with Gasteiger partial charge in [-0.1, -0.05) is 86.5 Å². The van der Waals surface area contributed by atoms with Crippen molar-refractivity contribution in [2.75, 3.05) is 6.61 Å². The third kappa shape index (κ3) is 5.90. The zero-order valence-corrected chi connectivity index (χ0v) is 19.2. The first-order valence-corrected chi connectivity index (χ1v) is 10.8. The van der Waals surface area contributed by atoms with Crippen LogP contribution in [0.5, 0.6) is 0 Å². The van der Waals surface area contributed by atoms with Gasteiger partial charge in [0, 0.05) is 11.1 Å². The fourth-order valence-corrected chi connectivity index (χ4v) is 3.29. The highest BCUT2D eigenvalue weighted by Crippen LogP contribution is 2.32. The Bertz CT molecular complexity index is 1270. The second-order valence-corrected chi connectivity index (χ2v) is 7.51. The van der Waals surface area contributed by atoms with Crippen molar-refractivity contribution in [1.82, 2.24) is 0 Å². The fourth-order valence-electron chi connectivity index (χ4n) is 3.29. The summed E-state index contributed by atoms with van der Waals surface area (Å²) in [6.45, 7) is 12.0. The molecule has 0 atom stereocenters. The Morgan fingerprint density at radius 2 is 1.20 bits per heavy atom. The van der Waals surface area contributed by atoms with Crippen molar-refractivity contribution >= 4 is 6.08 Å². The summed E-state index contributed by atoms with van der Waals surface area (Å²) in [5.74, 6) is -5.48. The van der Waals surface area contributed by atoms with Crippen molar-refractivity contribution in [3.63, 3.8) is 0 Å². The van der Waals surface area contributed by atoms with Crippen molar-refractivity contribution in [2.24, 2.45) is 0 Å². The summed E-state index contributed by atoms with van der Waals surface area (Å²) < 4.78 is 67.8. The molecule has 0 saturated carbocycles. The van der Waals surface area contributed by atoms with Crippen LogP contribution in [0.2, 0.25) is 0 Å². The molecule has 0 unspecified atom stereocenters. The van der Waals surface area contributed by atoms with E-state index in [9.17, 15) is 17.6 Å². The average Bonchev–Trinajstić information content (AvgIpc) is 2.88. The molecular weight excluding hydrogens is 456 g/mol. The number of hydrogen-bond acceptors (Lipinski definition) is 2. The van der Waals surface area contributed by atoms with Crippen molar-refractivity contribution < 1.29 is 27.0 Å². The molecule has 0 radical (unpaired) electrons. The highest BCUT2D eigenvalue weighted by atomic mass is 19.2. The standard InChI is InChI=1S/C29H24F4O2/c1-5-20-7-11-22(12-8-20)24-15-16-25(29(33)28(24)32)23-13-9-21(10-14-23)17-35-19(4)27(31)26(30)18(3)34-6-2/h5,7-16H,1,3-4,6,17H2,2H3/b27-26-. The van der Waals surface area contributed by atoms with Gasteiger partial charge in [0.25, 0.3) is 0 Å². The minimum Gasteiger partial charge on any atom is -0.491 e. The van der Waals surface area contributed by atoms with Gasteiger partial charge in [0.15, 0.2) is 23.2 Å². The van der Waals surface area contributed by atoms with E-state index in [2.05, 4.69) is 19.7 Å². The lowest BCUT2D eigenvalue weighted by molar-refractivity contribution is 0.189. The van der Waals surface area contributed by atoms with Gasteiger partial charge in [-0.2, -0.15) is 8.78 Å². The van der Waals surface area contributed by atoms with E-state index in [-0.39, 0.29) is 24.3 Å². The number of hydrogen-bond donors (Lipinski definition) is 0. The van der Waals surface area contributed by atoms with Crippen LogP contribution in [0.1, 0.15) is 18.1 Å². The lowest BCUT2D eigenvalue weighted by Gasteiger charge is -2.12. The van der Waals surface area contributed by atoms with Gasteiger partial charge in [-0.05, 0) is 29.2 Å². The fraction of sp³-hybridized carbons (Fsp3) is 0.103. The van der Waals surface area contributed by atoms with Crippen LogP contribution < -0.4 is 0 Å². The lowest BCUT2D eigenvalue weighted by atomic mass is 9.97. The van der Waals surface area contributed by atoms with Gasteiger partial charge < -0.3 is 9.47 Å². The van der Waals surface area contributed by atoms with E-state index < -0.39 is 34.8 Å². The molecule has 0 heterocycles. The smallest absolute Gasteiger partial charge is 0.203 e. The van der Waals surface area contributed by atoms with Gasteiger partial charge in [-0.25, -0.2) is 8.78 Å². The van der Waals surface area contributed by atoms with Gasteiger partial charge in [0.1, 0.15) is 6.61 Å². The van der Waals surface area contributed by atoms with E-state index in [1.54, 1.807) is 61.5 Å². The van der Waals surface area contributed by atoms with Gasteiger partial charge in [-0.3, -0.25) is 0 Å². The number of ether oxygens (including phenoxy) is 2. The van der Waals surface area contributed by atoms with E-state index in [4.69, 9.17) is 9.47 Å². The Morgan fingerprint density at radius 3 is 1.66 bits per heavy atom. The molecule has 0 aliphatic heterocycles. The van der Waals surface area contributed by atoms with Crippen LogP contribution in [-0.4, -0.2) is 6.61 Å². The molecule has 0 aliphatic carbocycles. The van der Waals surface area contributed by atoms with Crippen LogP contribution in [0.15, 0.2) is 104 Å². The molecule has 0 aromatic heterocycles. The van der Waals surface area contributed by atoms with Crippen molar-refractivity contribution in [1.29, 1.82) is 0 Å². The molecule has 3 aromatic rings. The molecule has 0 saturated heterocycles. The number of benzene rings is 3. The van der Waals surface area contributed by atoms with Crippen molar-refractivity contribution in [2.45, 2.75) is 13.5 Å². The number of rotatable bonds is 10. The Kier molecular flexibility index (Phi) is 8.31. The van der Waals surface area contributed by atoms with Crippen LogP contribution >= 0.6 is 0 Å². The SMILES string of the molecule is C=Cc1ccc(-c2ccc(-c3ccc(COC(=C)/C(F)=C(/F)C(=C)OCC)cc3)c(F)c2F)cc1. The summed E-state index contributed by atoms with van der Waals surface area (Å²) in [7, 11) is 0. The lowest BCUT2D eigenvalue weighted by Crippen LogP contribution is -1.98. The van der Waals surface area contributed by atoms with Crippen molar-refractivity contribution in [3.05, 3.63) is 126 Å². The summed E-state index contributed by atoms with van der Waals surface area (Å²) >= 11 is 0. The van der Waals surface area contributed by atoms with Gasteiger partial charge in [0.2, 0.25) is 11.7 Å². The molecule has 3 aromatic carbocycles. The van der Waals surface area contributed by atoms with Crippen LogP contribution in [-0.2, 0) is 16.1 Å². The highest BCUT2D eigenvalue weighted by Gasteiger charge is 2.17. The van der Waals surface area contributed by atoms with Crippen LogP contribution in [0, 0.1) is 11.6 Å². The van der Waals surface area contributed by atoms with Crippen LogP contribution in [0.4, 0.5) is 17.6 Å². The third-order valence-corrected chi connectivity index (χ3v) is 5.22. The summed E-state index contributed by atoms with van der Waals surface area (Å²) in [5, 5.41) is 0. The molecule has 35 heavy (non-hydrogen) atoms. The summed E-state index contributed by atoms with van der Waals surface area (Å²) in [6, 6.07) is 16.4. The predicted octanol–water partition coefficient (Wildman–Crippen LogP) is 8.67. The molecule has 0 amide bonds. The van der Waals surface area contributed by atoms with Crippen LogP contribution in [0.3, 0.4) is 0 Å². The highest BCUT2D eigenvalue weighted by molar-refractivity contribution is 5.72. The first-order chi connectivity index (χ1) is 16.8. The molecule has 3 rings (SSSR count). The van der Waals surface area contributed by atoms with Gasteiger partial charge >= 0.3 is 0 Å². The topological polar surface area (TPSA) is 18.5 Å². The molecule has 0 N–H and O–H groups in total. The summed E-state index contributed by atoms with van der Waals surface area (Å²) in [4.78, 5) is 0. The normalized spacial score (nSPS) is 11.5. The molecule has 0 aliphatic rings. The maximum absolute atomic E-state index is 14.9. The van der Waals surface area contributed by atoms with E-state index in [1.807, 2.05) is 0 Å². The van der Waals surface area contributed by atoms with E-state index in [0.717, 1.165) is 5.56 Å². The monoisotopic (exact) mass is 480 g/mol. The largest absolute Gasteiger partial charge is 0.491 e. The average molecular weight is 481 g/mol. The Labute approximate surface area is 202 Å². The maximum Gasteiger partial charge on any atom is 0.203 e. The van der Waals surface area contributed by atoms with E-state index >= 15 is 0 Å². The number of allylic oxidation sites excluding steroid dienone is 2. The minimum atomic E-state index is -1.31. The molecule has 180 valence electrons. The Balaban J connectivity index is 1.73. The first-order valence-electron chi connectivity index (χ1n) is 10.8. The second-order valence-electron chi connectivity index (χ2n) is 7.51. The van der Waals surface area contributed by atoms with Crippen molar-refractivity contribution in [3.8, 4) is 22.3 Å². The quantitative estimate of drug-likeness (QED) is 0.164. The Morgan fingerprint density at radius 1 is 0.743 bits per heavy atom. The van der Waals surface area contributed by atoms with Gasteiger partial charge in [-0.15, -0.1) is 0 Å². The third-order valence-electron chi connectivity index (χ3n) is 5.22. The molecule has 0 bridgehead atoms.